The number of nitrogens with two attached hydrogens (primary N) is 1. The summed E-state index contributed by atoms with van der Waals surface area (Å²) in [5, 5.41) is 8.88. The predicted octanol–water partition coefficient (Wildman–Crippen LogP) is 0.532. The SMILES string of the molecule is NC(=O)c1cc(Br)ccc1S(=O)(=O)N1CCN(C(=O)O)CC1. The number of benzene rings is 1. The van der Waals surface area contributed by atoms with Gasteiger partial charge >= 0.3 is 6.09 Å². The van der Waals surface area contributed by atoms with Gasteiger partial charge < -0.3 is 15.7 Å². The number of piperazine rings is 1. The molecule has 22 heavy (non-hydrogen) atoms. The van der Waals surface area contributed by atoms with E-state index in [0.29, 0.717) is 4.47 Å². The summed E-state index contributed by atoms with van der Waals surface area (Å²) in [5.41, 5.74) is 5.14. The van der Waals surface area contributed by atoms with Gasteiger partial charge in [0, 0.05) is 30.7 Å². The van der Waals surface area contributed by atoms with Crippen molar-refractivity contribution < 1.29 is 23.1 Å². The minimum Gasteiger partial charge on any atom is -0.465 e. The van der Waals surface area contributed by atoms with Gasteiger partial charge in [-0.2, -0.15) is 4.31 Å². The van der Waals surface area contributed by atoms with Crippen LogP contribution in [0.3, 0.4) is 0 Å². The van der Waals surface area contributed by atoms with Gasteiger partial charge in [-0.25, -0.2) is 13.2 Å². The summed E-state index contributed by atoms with van der Waals surface area (Å²) in [6.45, 7) is 0.222. The van der Waals surface area contributed by atoms with E-state index in [1.54, 1.807) is 0 Å². The molecule has 0 aromatic heterocycles. The molecule has 1 aromatic carbocycles. The van der Waals surface area contributed by atoms with Crippen LogP contribution in [0.25, 0.3) is 0 Å². The lowest BCUT2D eigenvalue weighted by atomic mass is 10.2. The molecule has 2 amide bonds. The first-order valence-corrected chi connectivity index (χ1v) is 8.54. The van der Waals surface area contributed by atoms with Crippen molar-refractivity contribution >= 4 is 38.0 Å². The van der Waals surface area contributed by atoms with Crippen LogP contribution in [0.4, 0.5) is 4.79 Å². The van der Waals surface area contributed by atoms with Crippen LogP contribution in [0.2, 0.25) is 0 Å². The molecule has 0 saturated carbocycles. The molecule has 1 aromatic rings. The summed E-state index contributed by atoms with van der Waals surface area (Å²) in [6, 6.07) is 4.17. The number of primary amides is 1. The van der Waals surface area contributed by atoms with E-state index in [9.17, 15) is 18.0 Å². The van der Waals surface area contributed by atoms with E-state index in [-0.39, 0.29) is 36.6 Å². The Morgan fingerprint density at radius 2 is 1.77 bits per heavy atom. The highest BCUT2D eigenvalue weighted by Gasteiger charge is 2.32. The molecule has 3 N–H and O–H groups in total. The molecule has 1 aliphatic rings. The van der Waals surface area contributed by atoms with E-state index in [1.807, 2.05) is 0 Å². The molecule has 0 unspecified atom stereocenters. The quantitative estimate of drug-likeness (QED) is 0.778. The standard InChI is InChI=1S/C12H14BrN3O5S/c13-8-1-2-10(9(7-8)11(14)17)22(20,21)16-5-3-15(4-6-16)12(18)19/h1-2,7H,3-6H2,(H2,14,17)(H,18,19). The number of amides is 2. The lowest BCUT2D eigenvalue weighted by Crippen LogP contribution is -2.50. The Hall–Kier alpha value is -1.65. The monoisotopic (exact) mass is 391 g/mol. The Labute approximate surface area is 135 Å². The first-order valence-electron chi connectivity index (χ1n) is 6.31. The van der Waals surface area contributed by atoms with E-state index < -0.39 is 22.0 Å². The van der Waals surface area contributed by atoms with E-state index in [0.717, 1.165) is 9.21 Å². The molecule has 0 aliphatic carbocycles. The molecule has 1 saturated heterocycles. The smallest absolute Gasteiger partial charge is 0.407 e. The number of halogens is 1. The van der Waals surface area contributed by atoms with Crippen molar-refractivity contribution in [2.75, 3.05) is 26.2 Å². The van der Waals surface area contributed by atoms with Gasteiger partial charge in [0.1, 0.15) is 0 Å². The highest BCUT2D eigenvalue weighted by atomic mass is 79.9. The van der Waals surface area contributed by atoms with Crippen molar-refractivity contribution in [2.24, 2.45) is 5.73 Å². The van der Waals surface area contributed by atoms with Crippen molar-refractivity contribution in [1.82, 2.24) is 9.21 Å². The van der Waals surface area contributed by atoms with E-state index in [4.69, 9.17) is 10.8 Å². The first kappa shape index (κ1) is 16.7. The average Bonchev–Trinajstić information content (AvgIpc) is 2.46. The van der Waals surface area contributed by atoms with Crippen LogP contribution in [-0.2, 0) is 10.0 Å². The molecule has 10 heteroatoms. The third-order valence-corrected chi connectivity index (χ3v) is 5.78. The number of nitrogens with zero attached hydrogens (tertiary/aromatic N) is 2. The molecule has 120 valence electrons. The number of hydrogen-bond donors (Lipinski definition) is 2. The topological polar surface area (TPSA) is 121 Å². The zero-order valence-corrected chi connectivity index (χ0v) is 13.8. The molecular weight excluding hydrogens is 378 g/mol. The second-order valence-electron chi connectivity index (χ2n) is 4.68. The molecule has 1 fully saturated rings. The van der Waals surface area contributed by atoms with Gasteiger partial charge in [0.15, 0.2) is 0 Å². The fourth-order valence-electron chi connectivity index (χ4n) is 2.18. The summed E-state index contributed by atoms with van der Waals surface area (Å²) >= 11 is 3.16. The fourth-order valence-corrected chi connectivity index (χ4v) is 4.14. The molecule has 0 radical (unpaired) electrons. The summed E-state index contributed by atoms with van der Waals surface area (Å²) in [7, 11) is -3.91. The number of sulfonamides is 1. The van der Waals surface area contributed by atoms with Crippen molar-refractivity contribution in [3.8, 4) is 0 Å². The highest BCUT2D eigenvalue weighted by molar-refractivity contribution is 9.10. The van der Waals surface area contributed by atoms with Gasteiger partial charge in [-0.1, -0.05) is 15.9 Å². The predicted molar refractivity (Wildman–Crippen MR) is 81.0 cm³/mol. The van der Waals surface area contributed by atoms with E-state index >= 15 is 0 Å². The van der Waals surface area contributed by atoms with Crippen LogP contribution in [-0.4, -0.2) is 60.9 Å². The molecule has 0 spiro atoms. The maximum absolute atomic E-state index is 12.6. The maximum atomic E-state index is 12.6. The van der Waals surface area contributed by atoms with E-state index in [2.05, 4.69) is 15.9 Å². The molecule has 2 rings (SSSR count). The van der Waals surface area contributed by atoms with Gasteiger partial charge in [-0.05, 0) is 18.2 Å². The minimum absolute atomic E-state index is 0.0307. The summed E-state index contributed by atoms with van der Waals surface area (Å²) in [6.07, 6.45) is -1.08. The zero-order valence-electron chi connectivity index (χ0n) is 11.4. The lowest BCUT2D eigenvalue weighted by molar-refractivity contribution is 0.0997. The molecule has 0 bridgehead atoms. The van der Waals surface area contributed by atoms with Gasteiger partial charge in [-0.3, -0.25) is 4.79 Å². The largest absolute Gasteiger partial charge is 0.465 e. The van der Waals surface area contributed by atoms with Crippen LogP contribution in [0.5, 0.6) is 0 Å². The number of carbonyl (C=O) groups is 2. The summed E-state index contributed by atoms with van der Waals surface area (Å²) in [4.78, 5) is 23.3. The number of hydrogen-bond acceptors (Lipinski definition) is 4. The summed E-state index contributed by atoms with van der Waals surface area (Å²) < 4.78 is 27.0. The second-order valence-corrected chi connectivity index (χ2v) is 7.50. The number of carboxylic acid groups (broad SMARTS) is 1. The number of carbonyl (C=O) groups excluding carboxylic acids is 1. The third-order valence-electron chi connectivity index (χ3n) is 3.33. The molecule has 8 nitrogen and oxygen atoms in total. The molecule has 0 atom stereocenters. The van der Waals surface area contributed by atoms with Crippen molar-refractivity contribution in [1.29, 1.82) is 0 Å². The zero-order chi connectivity index (χ0) is 16.5. The number of rotatable bonds is 3. The van der Waals surface area contributed by atoms with Crippen molar-refractivity contribution in [3.63, 3.8) is 0 Å². The van der Waals surface area contributed by atoms with Crippen molar-refractivity contribution in [2.45, 2.75) is 4.90 Å². The Morgan fingerprint density at radius 3 is 2.27 bits per heavy atom. The van der Waals surface area contributed by atoms with Crippen LogP contribution >= 0.6 is 15.9 Å². The normalized spacial score (nSPS) is 16.5. The van der Waals surface area contributed by atoms with Crippen molar-refractivity contribution in [3.05, 3.63) is 28.2 Å². The van der Waals surface area contributed by atoms with Gasteiger partial charge in [0.2, 0.25) is 15.9 Å². The minimum atomic E-state index is -3.91. The van der Waals surface area contributed by atoms with E-state index in [1.165, 1.54) is 18.2 Å². The van der Waals surface area contributed by atoms with Gasteiger partial charge in [0.25, 0.3) is 0 Å². The Kier molecular flexibility index (Phi) is 4.73. The highest BCUT2D eigenvalue weighted by Crippen LogP contribution is 2.24. The Balaban J connectivity index is 2.32. The van der Waals surface area contributed by atoms with Gasteiger partial charge in [-0.15, -0.1) is 0 Å². The van der Waals surface area contributed by atoms with Crippen LogP contribution in [0.1, 0.15) is 10.4 Å². The molecule has 1 aliphatic heterocycles. The first-order chi connectivity index (χ1) is 10.2. The Bertz CT molecular complexity index is 713. The van der Waals surface area contributed by atoms with Crippen LogP contribution in [0.15, 0.2) is 27.6 Å². The van der Waals surface area contributed by atoms with Gasteiger partial charge in [0.05, 0.1) is 10.5 Å². The average molecular weight is 392 g/mol. The Morgan fingerprint density at radius 1 is 1.18 bits per heavy atom. The third kappa shape index (κ3) is 3.23. The fraction of sp³-hybridized carbons (Fsp3) is 0.333. The van der Waals surface area contributed by atoms with Crippen LogP contribution in [0, 0.1) is 0 Å². The van der Waals surface area contributed by atoms with Crippen LogP contribution < -0.4 is 5.73 Å². The molecular formula is C12H14BrN3O5S. The summed E-state index contributed by atoms with van der Waals surface area (Å²) in [5.74, 6) is -0.843. The lowest BCUT2D eigenvalue weighted by Gasteiger charge is -2.32. The maximum Gasteiger partial charge on any atom is 0.407 e. The molecule has 1 heterocycles. The second kappa shape index (κ2) is 6.23.